The minimum absolute atomic E-state index is 0.710. The Bertz CT molecular complexity index is 378. The maximum atomic E-state index is 10.1. The van der Waals surface area contributed by atoms with E-state index in [1.165, 1.54) is 12.8 Å². The second-order valence-corrected chi connectivity index (χ2v) is 5.78. The van der Waals surface area contributed by atoms with Gasteiger partial charge in [-0.05, 0) is 54.6 Å². The first kappa shape index (κ1) is 11.9. The van der Waals surface area contributed by atoms with Crippen LogP contribution in [0.2, 0.25) is 0 Å². The SMILES string of the molecule is CC(C)(O)c1cccc(Br)c1OCC1CC1. The van der Waals surface area contributed by atoms with Crippen LogP contribution in [-0.2, 0) is 5.60 Å². The number of para-hydroxylation sites is 1. The summed E-state index contributed by atoms with van der Waals surface area (Å²) in [5.41, 5.74) is -0.0367. The van der Waals surface area contributed by atoms with Gasteiger partial charge in [-0.3, -0.25) is 0 Å². The second-order valence-electron chi connectivity index (χ2n) is 4.93. The molecule has 0 saturated heterocycles. The molecule has 0 unspecified atom stereocenters. The summed E-state index contributed by atoms with van der Waals surface area (Å²) < 4.78 is 6.72. The molecule has 2 rings (SSSR count). The highest BCUT2D eigenvalue weighted by atomic mass is 79.9. The second kappa shape index (κ2) is 4.38. The van der Waals surface area contributed by atoms with Gasteiger partial charge in [0.25, 0.3) is 0 Å². The van der Waals surface area contributed by atoms with E-state index < -0.39 is 5.60 Å². The van der Waals surface area contributed by atoms with Crippen molar-refractivity contribution in [2.75, 3.05) is 6.61 Å². The van der Waals surface area contributed by atoms with E-state index in [-0.39, 0.29) is 0 Å². The van der Waals surface area contributed by atoms with Crippen LogP contribution in [0.3, 0.4) is 0 Å². The van der Waals surface area contributed by atoms with Gasteiger partial charge in [-0.25, -0.2) is 0 Å². The van der Waals surface area contributed by atoms with Gasteiger partial charge in [0.05, 0.1) is 16.7 Å². The number of ether oxygens (including phenoxy) is 1. The predicted molar refractivity (Wildman–Crippen MR) is 67.6 cm³/mol. The Balaban J connectivity index is 2.24. The third-order valence-corrected chi connectivity index (χ3v) is 3.41. The van der Waals surface area contributed by atoms with Crippen molar-refractivity contribution in [3.63, 3.8) is 0 Å². The third-order valence-electron chi connectivity index (χ3n) is 2.79. The zero-order valence-corrected chi connectivity index (χ0v) is 11.3. The molecule has 0 radical (unpaired) electrons. The van der Waals surface area contributed by atoms with Crippen molar-refractivity contribution in [3.05, 3.63) is 28.2 Å². The molecular formula is C13H17BrO2. The van der Waals surface area contributed by atoms with E-state index in [2.05, 4.69) is 15.9 Å². The molecule has 1 aromatic carbocycles. The monoisotopic (exact) mass is 284 g/mol. The highest BCUT2D eigenvalue weighted by molar-refractivity contribution is 9.10. The molecule has 1 fully saturated rings. The highest BCUT2D eigenvalue weighted by Gasteiger charge is 2.26. The van der Waals surface area contributed by atoms with Gasteiger partial charge in [0.2, 0.25) is 0 Å². The van der Waals surface area contributed by atoms with Crippen LogP contribution in [0.15, 0.2) is 22.7 Å². The Hall–Kier alpha value is -0.540. The molecule has 1 saturated carbocycles. The van der Waals surface area contributed by atoms with Crippen LogP contribution in [0.5, 0.6) is 5.75 Å². The Labute approximate surface area is 105 Å². The van der Waals surface area contributed by atoms with Gasteiger partial charge in [0, 0.05) is 5.56 Å². The molecule has 0 atom stereocenters. The van der Waals surface area contributed by atoms with Crippen LogP contribution >= 0.6 is 15.9 Å². The van der Waals surface area contributed by atoms with Crippen molar-refractivity contribution in [2.24, 2.45) is 5.92 Å². The fraction of sp³-hybridized carbons (Fsp3) is 0.538. The van der Waals surface area contributed by atoms with Crippen LogP contribution in [0.4, 0.5) is 0 Å². The van der Waals surface area contributed by atoms with Gasteiger partial charge in [-0.1, -0.05) is 12.1 Å². The van der Waals surface area contributed by atoms with E-state index in [4.69, 9.17) is 4.74 Å². The first-order valence-electron chi connectivity index (χ1n) is 5.62. The van der Waals surface area contributed by atoms with Gasteiger partial charge in [-0.2, -0.15) is 0 Å². The lowest BCUT2D eigenvalue weighted by Crippen LogP contribution is -2.17. The lowest BCUT2D eigenvalue weighted by Gasteiger charge is -2.22. The summed E-state index contributed by atoms with van der Waals surface area (Å²) in [6.45, 7) is 4.31. The molecule has 0 spiro atoms. The number of hydrogen-bond acceptors (Lipinski definition) is 2. The van der Waals surface area contributed by atoms with Crippen molar-refractivity contribution in [1.82, 2.24) is 0 Å². The minimum atomic E-state index is -0.872. The smallest absolute Gasteiger partial charge is 0.139 e. The van der Waals surface area contributed by atoms with Crippen molar-refractivity contribution in [1.29, 1.82) is 0 Å². The number of halogens is 1. The molecule has 2 nitrogen and oxygen atoms in total. The number of hydrogen-bond donors (Lipinski definition) is 1. The Morgan fingerprint density at radius 1 is 1.44 bits per heavy atom. The van der Waals surface area contributed by atoms with E-state index >= 15 is 0 Å². The fourth-order valence-corrected chi connectivity index (χ4v) is 2.10. The molecule has 0 aromatic heterocycles. The van der Waals surface area contributed by atoms with Gasteiger partial charge in [0.15, 0.2) is 0 Å². The molecule has 3 heteroatoms. The highest BCUT2D eigenvalue weighted by Crippen LogP contribution is 2.37. The Kier molecular flexibility index (Phi) is 3.27. The molecular weight excluding hydrogens is 268 g/mol. The summed E-state index contributed by atoms with van der Waals surface area (Å²) in [6.07, 6.45) is 2.53. The Morgan fingerprint density at radius 3 is 2.69 bits per heavy atom. The maximum absolute atomic E-state index is 10.1. The van der Waals surface area contributed by atoms with E-state index in [0.717, 1.165) is 22.4 Å². The average molecular weight is 285 g/mol. The standard InChI is InChI=1S/C13H17BrO2/c1-13(2,15)10-4-3-5-11(14)12(10)16-8-9-6-7-9/h3-5,9,15H,6-8H2,1-2H3. The molecule has 16 heavy (non-hydrogen) atoms. The van der Waals surface area contributed by atoms with Crippen molar-refractivity contribution >= 4 is 15.9 Å². The molecule has 0 amide bonds. The van der Waals surface area contributed by atoms with Gasteiger partial charge >= 0.3 is 0 Å². The van der Waals surface area contributed by atoms with Gasteiger partial charge < -0.3 is 9.84 Å². The Morgan fingerprint density at radius 2 is 2.12 bits per heavy atom. The summed E-state index contributed by atoms with van der Waals surface area (Å²) in [5, 5.41) is 10.1. The predicted octanol–water partition coefficient (Wildman–Crippen LogP) is 3.47. The van der Waals surface area contributed by atoms with Crippen molar-refractivity contribution in [2.45, 2.75) is 32.3 Å². The molecule has 1 aromatic rings. The van der Waals surface area contributed by atoms with Crippen LogP contribution in [0.25, 0.3) is 0 Å². The topological polar surface area (TPSA) is 29.5 Å². The first-order valence-corrected chi connectivity index (χ1v) is 6.42. The fourth-order valence-electron chi connectivity index (χ4n) is 1.62. The summed E-state index contributed by atoms with van der Waals surface area (Å²) in [6, 6.07) is 5.77. The summed E-state index contributed by atoms with van der Waals surface area (Å²) in [4.78, 5) is 0. The van der Waals surface area contributed by atoms with Crippen molar-refractivity contribution < 1.29 is 9.84 Å². The van der Waals surface area contributed by atoms with Crippen LogP contribution < -0.4 is 4.74 Å². The zero-order chi connectivity index (χ0) is 11.8. The molecule has 0 aliphatic heterocycles. The molecule has 1 aliphatic rings. The average Bonchev–Trinajstić information content (AvgIpc) is 2.97. The molecule has 0 heterocycles. The molecule has 1 aliphatic carbocycles. The van der Waals surface area contributed by atoms with E-state index in [9.17, 15) is 5.11 Å². The number of rotatable bonds is 4. The maximum Gasteiger partial charge on any atom is 0.139 e. The summed E-state index contributed by atoms with van der Waals surface area (Å²) in [5.74, 6) is 1.49. The van der Waals surface area contributed by atoms with E-state index in [1.54, 1.807) is 13.8 Å². The lowest BCUT2D eigenvalue weighted by molar-refractivity contribution is 0.0743. The largest absolute Gasteiger partial charge is 0.492 e. The van der Waals surface area contributed by atoms with Gasteiger partial charge in [0.1, 0.15) is 5.75 Å². The molecule has 1 N–H and O–H groups in total. The molecule has 88 valence electrons. The quantitative estimate of drug-likeness (QED) is 0.918. The minimum Gasteiger partial charge on any atom is -0.492 e. The zero-order valence-electron chi connectivity index (χ0n) is 9.66. The third kappa shape index (κ3) is 2.77. The van der Waals surface area contributed by atoms with Crippen molar-refractivity contribution in [3.8, 4) is 5.75 Å². The molecule has 0 bridgehead atoms. The van der Waals surface area contributed by atoms with Crippen LogP contribution in [-0.4, -0.2) is 11.7 Å². The number of benzene rings is 1. The van der Waals surface area contributed by atoms with E-state index in [0.29, 0.717) is 5.92 Å². The summed E-state index contributed by atoms with van der Waals surface area (Å²) >= 11 is 3.47. The van der Waals surface area contributed by atoms with Crippen LogP contribution in [0.1, 0.15) is 32.3 Å². The van der Waals surface area contributed by atoms with Gasteiger partial charge in [-0.15, -0.1) is 0 Å². The summed E-state index contributed by atoms with van der Waals surface area (Å²) in [7, 11) is 0. The number of aliphatic hydroxyl groups is 1. The lowest BCUT2D eigenvalue weighted by atomic mass is 9.97. The first-order chi connectivity index (χ1) is 7.48. The van der Waals surface area contributed by atoms with Crippen LogP contribution in [0, 0.1) is 5.92 Å². The normalized spacial score (nSPS) is 16.2. The van der Waals surface area contributed by atoms with E-state index in [1.807, 2.05) is 18.2 Å².